The molecule has 33 heavy (non-hydrogen) atoms. The van der Waals surface area contributed by atoms with E-state index in [1.807, 2.05) is 0 Å². The van der Waals surface area contributed by atoms with E-state index in [9.17, 15) is 14.0 Å². The van der Waals surface area contributed by atoms with Crippen LogP contribution < -0.4 is 5.32 Å². The molecule has 3 heterocycles. The molecule has 0 fully saturated rings. The van der Waals surface area contributed by atoms with E-state index in [0.29, 0.717) is 22.6 Å². The maximum absolute atomic E-state index is 14.2. The lowest BCUT2D eigenvalue weighted by molar-refractivity contribution is -0.150. The van der Waals surface area contributed by atoms with E-state index in [4.69, 9.17) is 9.26 Å². The zero-order chi connectivity index (χ0) is 23.4. The first-order valence-electron chi connectivity index (χ1n) is 9.94. The number of hydrogen-bond acceptors (Lipinski definition) is 8. The molecule has 4 rings (SSSR count). The molecule has 0 radical (unpaired) electrons. The Hall–Kier alpha value is -4.41. The number of rotatable bonds is 7. The van der Waals surface area contributed by atoms with Crippen molar-refractivity contribution in [3.63, 3.8) is 0 Å². The van der Waals surface area contributed by atoms with Gasteiger partial charge in [-0.15, -0.1) is 0 Å². The average Bonchev–Trinajstić information content (AvgIpc) is 3.45. The van der Waals surface area contributed by atoms with Gasteiger partial charge in [0.2, 0.25) is 0 Å². The molecule has 1 unspecified atom stereocenters. The van der Waals surface area contributed by atoms with Crippen molar-refractivity contribution < 1.29 is 23.2 Å². The van der Waals surface area contributed by atoms with Crippen LogP contribution in [0, 0.1) is 5.82 Å². The quantitative estimate of drug-likeness (QED) is 0.426. The molecule has 1 atom stereocenters. The van der Waals surface area contributed by atoms with Crippen molar-refractivity contribution in [1.82, 2.24) is 24.9 Å². The number of benzene rings is 1. The van der Waals surface area contributed by atoms with Gasteiger partial charge in [0.25, 0.3) is 5.91 Å². The van der Waals surface area contributed by atoms with Crippen molar-refractivity contribution in [3.8, 4) is 22.9 Å². The molecule has 1 amide bonds. The van der Waals surface area contributed by atoms with Crippen molar-refractivity contribution in [1.29, 1.82) is 0 Å². The number of carbonyl (C=O) groups excluding carboxylic acids is 2. The SMILES string of the molecule is CC(=O)OC(C)C(=O)Nc1ccnc(-c2cc(-c3ccon3)n(Cc3ccccc3F)n2)n1. The fourth-order valence-electron chi connectivity index (χ4n) is 3.07. The largest absolute Gasteiger partial charge is 0.453 e. The highest BCUT2D eigenvalue weighted by molar-refractivity contribution is 5.94. The van der Waals surface area contributed by atoms with Crippen LogP contribution in [-0.4, -0.2) is 42.9 Å². The Morgan fingerprint density at radius 1 is 1.21 bits per heavy atom. The van der Waals surface area contributed by atoms with Crippen LogP contribution in [0.15, 0.2) is 59.4 Å². The number of amides is 1. The van der Waals surface area contributed by atoms with Gasteiger partial charge in [-0.1, -0.05) is 23.4 Å². The van der Waals surface area contributed by atoms with Crippen molar-refractivity contribution in [2.45, 2.75) is 26.5 Å². The van der Waals surface area contributed by atoms with E-state index < -0.39 is 18.0 Å². The van der Waals surface area contributed by atoms with Gasteiger partial charge in [-0.05, 0) is 25.1 Å². The minimum absolute atomic E-state index is 0.144. The molecule has 0 saturated carbocycles. The maximum Gasteiger partial charge on any atom is 0.303 e. The second-order valence-electron chi connectivity index (χ2n) is 7.05. The van der Waals surface area contributed by atoms with Crippen LogP contribution in [0.4, 0.5) is 10.2 Å². The molecule has 0 aliphatic rings. The molecule has 1 N–H and O–H groups in total. The number of anilines is 1. The lowest BCUT2D eigenvalue weighted by Gasteiger charge is -2.11. The first-order chi connectivity index (χ1) is 15.9. The number of nitrogens with one attached hydrogen (secondary N) is 1. The molecule has 0 saturated heterocycles. The van der Waals surface area contributed by atoms with Gasteiger partial charge < -0.3 is 14.6 Å². The molecule has 3 aromatic heterocycles. The number of aromatic nitrogens is 5. The molecule has 0 aliphatic heterocycles. The van der Waals surface area contributed by atoms with Crippen molar-refractivity contribution >= 4 is 17.7 Å². The molecular weight excluding hydrogens is 431 g/mol. The van der Waals surface area contributed by atoms with Crippen LogP contribution in [0.2, 0.25) is 0 Å². The van der Waals surface area contributed by atoms with E-state index in [1.54, 1.807) is 35.0 Å². The first-order valence-corrected chi connectivity index (χ1v) is 9.94. The van der Waals surface area contributed by atoms with Gasteiger partial charge in [0, 0.05) is 24.8 Å². The molecule has 0 spiro atoms. The number of carbonyl (C=O) groups is 2. The third-order valence-electron chi connectivity index (χ3n) is 4.61. The Morgan fingerprint density at radius 3 is 2.76 bits per heavy atom. The van der Waals surface area contributed by atoms with Crippen molar-refractivity contribution in [2.75, 3.05) is 5.32 Å². The van der Waals surface area contributed by atoms with Crippen LogP contribution in [0.1, 0.15) is 19.4 Å². The Labute approximate surface area is 187 Å². The standard InChI is InChI=1S/C22H19FN6O4/c1-13(33-14(2)30)22(31)26-20-7-9-24-21(25-20)18-11-19(17-8-10-32-28-17)29(27-18)12-15-5-3-4-6-16(15)23/h3-11,13H,12H2,1-2H3,(H,24,25,26,31). The smallest absolute Gasteiger partial charge is 0.303 e. The Bertz CT molecular complexity index is 1290. The highest BCUT2D eigenvalue weighted by Crippen LogP contribution is 2.25. The number of ether oxygens (including phenoxy) is 1. The summed E-state index contributed by atoms with van der Waals surface area (Å²) in [6.45, 7) is 2.81. The second kappa shape index (κ2) is 9.39. The Morgan fingerprint density at radius 2 is 2.03 bits per heavy atom. The van der Waals surface area contributed by atoms with Crippen LogP contribution in [0.3, 0.4) is 0 Å². The maximum atomic E-state index is 14.2. The van der Waals surface area contributed by atoms with E-state index in [0.717, 1.165) is 0 Å². The van der Waals surface area contributed by atoms with Gasteiger partial charge in [0.15, 0.2) is 11.9 Å². The number of hydrogen-bond donors (Lipinski definition) is 1. The molecule has 168 valence electrons. The van der Waals surface area contributed by atoms with Crippen LogP contribution in [-0.2, 0) is 20.9 Å². The summed E-state index contributed by atoms with van der Waals surface area (Å²) in [5, 5.41) is 11.1. The van der Waals surface area contributed by atoms with Gasteiger partial charge in [-0.3, -0.25) is 14.3 Å². The third kappa shape index (κ3) is 5.09. The average molecular weight is 450 g/mol. The fourth-order valence-corrected chi connectivity index (χ4v) is 3.07. The molecule has 10 nitrogen and oxygen atoms in total. The van der Waals surface area contributed by atoms with Crippen molar-refractivity contribution in [3.05, 3.63) is 66.3 Å². The number of halogens is 1. The topological polar surface area (TPSA) is 125 Å². The Balaban J connectivity index is 1.64. The predicted octanol–water partition coefficient (Wildman–Crippen LogP) is 3.07. The van der Waals surface area contributed by atoms with Gasteiger partial charge in [0.05, 0.1) is 12.2 Å². The molecule has 11 heteroatoms. The van der Waals surface area contributed by atoms with E-state index >= 15 is 0 Å². The molecule has 4 aromatic rings. The molecule has 0 bridgehead atoms. The van der Waals surface area contributed by atoms with Crippen LogP contribution >= 0.6 is 0 Å². The van der Waals surface area contributed by atoms with E-state index in [-0.39, 0.29) is 24.0 Å². The summed E-state index contributed by atoms with van der Waals surface area (Å²) in [5.74, 6) is -1.03. The van der Waals surface area contributed by atoms with Gasteiger partial charge in [-0.25, -0.2) is 14.4 Å². The zero-order valence-corrected chi connectivity index (χ0v) is 17.7. The minimum atomic E-state index is -0.986. The summed E-state index contributed by atoms with van der Waals surface area (Å²) in [5.41, 5.74) is 1.90. The summed E-state index contributed by atoms with van der Waals surface area (Å²) < 4.78 is 25.6. The summed E-state index contributed by atoms with van der Waals surface area (Å²) in [7, 11) is 0. The zero-order valence-electron chi connectivity index (χ0n) is 17.7. The van der Waals surface area contributed by atoms with Gasteiger partial charge in [0.1, 0.15) is 29.3 Å². The summed E-state index contributed by atoms with van der Waals surface area (Å²) in [4.78, 5) is 31.8. The lowest BCUT2D eigenvalue weighted by Crippen LogP contribution is -2.29. The third-order valence-corrected chi connectivity index (χ3v) is 4.61. The van der Waals surface area contributed by atoms with Crippen molar-refractivity contribution in [2.24, 2.45) is 0 Å². The minimum Gasteiger partial charge on any atom is -0.453 e. The van der Waals surface area contributed by atoms with E-state index in [2.05, 4.69) is 25.5 Å². The van der Waals surface area contributed by atoms with Crippen LogP contribution in [0.25, 0.3) is 22.9 Å². The fraction of sp³-hybridized carbons (Fsp3) is 0.182. The summed E-state index contributed by atoms with van der Waals surface area (Å²) in [6, 6.07) is 11.2. The highest BCUT2D eigenvalue weighted by atomic mass is 19.1. The van der Waals surface area contributed by atoms with Gasteiger partial charge in [-0.2, -0.15) is 5.10 Å². The summed E-state index contributed by atoms with van der Waals surface area (Å²) >= 11 is 0. The van der Waals surface area contributed by atoms with Gasteiger partial charge >= 0.3 is 5.97 Å². The Kier molecular flexibility index (Phi) is 6.20. The lowest BCUT2D eigenvalue weighted by atomic mass is 10.2. The first kappa shape index (κ1) is 21.8. The molecule has 0 aliphatic carbocycles. The summed E-state index contributed by atoms with van der Waals surface area (Å²) in [6.07, 6.45) is 1.90. The molecule has 1 aromatic carbocycles. The second-order valence-corrected chi connectivity index (χ2v) is 7.05. The monoisotopic (exact) mass is 450 g/mol. The predicted molar refractivity (Wildman–Crippen MR) is 114 cm³/mol. The molecular formula is C22H19FN6O4. The normalized spacial score (nSPS) is 11.7. The highest BCUT2D eigenvalue weighted by Gasteiger charge is 2.19. The van der Waals surface area contributed by atoms with E-state index in [1.165, 1.54) is 38.4 Å². The number of nitrogens with zero attached hydrogens (tertiary/aromatic N) is 5. The van der Waals surface area contributed by atoms with Crippen LogP contribution in [0.5, 0.6) is 0 Å². The number of esters is 1.